The average Bonchev–Trinajstić information content (AvgIpc) is 2.50. The molecule has 1 unspecified atom stereocenters. The zero-order valence-electron chi connectivity index (χ0n) is 6.71. The van der Waals surface area contributed by atoms with Crippen LogP contribution < -0.4 is 5.32 Å². The Labute approximate surface area is 72.5 Å². The van der Waals surface area contributed by atoms with Gasteiger partial charge in [0.2, 0.25) is 5.91 Å². The summed E-state index contributed by atoms with van der Waals surface area (Å²) >= 11 is 3.94. The van der Waals surface area contributed by atoms with Gasteiger partial charge in [0.05, 0.1) is 5.75 Å². The van der Waals surface area contributed by atoms with Crippen LogP contribution in [0.3, 0.4) is 0 Å². The van der Waals surface area contributed by atoms with E-state index in [9.17, 15) is 4.79 Å². The Bertz CT molecular complexity index is 151. The lowest BCUT2D eigenvalue weighted by Crippen LogP contribution is -2.34. The molecule has 1 heterocycles. The van der Waals surface area contributed by atoms with Gasteiger partial charge in [0.25, 0.3) is 0 Å². The third-order valence-electron chi connectivity index (χ3n) is 2.08. The fraction of sp³-hybridized carbons (Fsp3) is 0.857. The summed E-state index contributed by atoms with van der Waals surface area (Å²) in [6, 6.07) is 0.485. The molecule has 11 heavy (non-hydrogen) atoms. The molecule has 1 saturated heterocycles. The van der Waals surface area contributed by atoms with Gasteiger partial charge in [-0.1, -0.05) is 0 Å². The molecular weight excluding hydrogens is 160 g/mol. The zero-order chi connectivity index (χ0) is 8.27. The number of hydrogen-bond donors (Lipinski definition) is 2. The summed E-state index contributed by atoms with van der Waals surface area (Å²) in [6.07, 6.45) is 1.07. The quantitative estimate of drug-likeness (QED) is 0.565. The van der Waals surface area contributed by atoms with E-state index in [1.165, 1.54) is 0 Å². The summed E-state index contributed by atoms with van der Waals surface area (Å²) in [5.41, 5.74) is 0. The van der Waals surface area contributed by atoms with Crippen LogP contribution in [0.2, 0.25) is 0 Å². The first-order chi connectivity index (χ1) is 5.27. The van der Waals surface area contributed by atoms with Gasteiger partial charge < -0.3 is 10.2 Å². The topological polar surface area (TPSA) is 32.3 Å². The second-order valence-electron chi connectivity index (χ2n) is 2.77. The molecule has 1 amide bonds. The molecular formula is C7H14N2OS. The van der Waals surface area contributed by atoms with E-state index in [-0.39, 0.29) is 5.91 Å². The lowest BCUT2D eigenvalue weighted by atomic mass is 10.3. The highest BCUT2D eigenvalue weighted by atomic mass is 32.1. The maximum atomic E-state index is 11.1. The van der Waals surface area contributed by atoms with E-state index in [2.05, 4.69) is 17.9 Å². The van der Waals surface area contributed by atoms with Crippen LogP contribution >= 0.6 is 12.6 Å². The van der Waals surface area contributed by atoms with Crippen molar-refractivity contribution in [2.45, 2.75) is 12.5 Å². The predicted octanol–water partition coefficient (Wildman–Crippen LogP) is -0.264. The first-order valence-electron chi connectivity index (χ1n) is 3.84. The SMILES string of the molecule is CNC1CCN(C(=O)CS)C1. The third-order valence-corrected chi connectivity index (χ3v) is 2.35. The van der Waals surface area contributed by atoms with Gasteiger partial charge in [-0.2, -0.15) is 12.6 Å². The Kier molecular flexibility index (Phi) is 3.20. The van der Waals surface area contributed by atoms with Crippen LogP contribution in [-0.2, 0) is 4.79 Å². The van der Waals surface area contributed by atoms with Crippen molar-refractivity contribution in [1.82, 2.24) is 10.2 Å². The van der Waals surface area contributed by atoms with E-state index in [1.54, 1.807) is 0 Å². The van der Waals surface area contributed by atoms with Crippen molar-refractivity contribution < 1.29 is 4.79 Å². The number of nitrogens with zero attached hydrogens (tertiary/aromatic N) is 1. The highest BCUT2D eigenvalue weighted by molar-refractivity contribution is 7.81. The lowest BCUT2D eigenvalue weighted by Gasteiger charge is -2.14. The van der Waals surface area contributed by atoms with Crippen molar-refractivity contribution in [3.8, 4) is 0 Å². The van der Waals surface area contributed by atoms with Crippen LogP contribution in [0.5, 0.6) is 0 Å². The van der Waals surface area contributed by atoms with Crippen LogP contribution in [0.15, 0.2) is 0 Å². The van der Waals surface area contributed by atoms with E-state index in [4.69, 9.17) is 0 Å². The van der Waals surface area contributed by atoms with Gasteiger partial charge >= 0.3 is 0 Å². The molecule has 4 heteroatoms. The van der Waals surface area contributed by atoms with Crippen molar-refractivity contribution in [3.05, 3.63) is 0 Å². The molecule has 0 radical (unpaired) electrons. The molecule has 3 nitrogen and oxygen atoms in total. The monoisotopic (exact) mass is 174 g/mol. The number of likely N-dealkylation sites (tertiary alicyclic amines) is 1. The smallest absolute Gasteiger partial charge is 0.232 e. The minimum absolute atomic E-state index is 0.145. The summed E-state index contributed by atoms with van der Waals surface area (Å²) in [4.78, 5) is 13.0. The summed E-state index contributed by atoms with van der Waals surface area (Å²) in [5.74, 6) is 0.474. The molecule has 0 aromatic carbocycles. The first-order valence-corrected chi connectivity index (χ1v) is 4.47. The zero-order valence-corrected chi connectivity index (χ0v) is 7.60. The number of nitrogens with one attached hydrogen (secondary N) is 1. The van der Waals surface area contributed by atoms with Gasteiger partial charge in [0.15, 0.2) is 0 Å². The third kappa shape index (κ3) is 2.10. The standard InChI is InChI=1S/C7H14N2OS/c1-8-6-2-3-9(4-6)7(10)5-11/h6,8,11H,2-5H2,1H3. The molecule has 1 rings (SSSR count). The molecule has 64 valence electrons. The summed E-state index contributed by atoms with van der Waals surface area (Å²) in [7, 11) is 1.93. The Balaban J connectivity index is 2.35. The number of likely N-dealkylation sites (N-methyl/N-ethyl adjacent to an activating group) is 1. The second-order valence-corrected chi connectivity index (χ2v) is 3.09. The van der Waals surface area contributed by atoms with E-state index in [1.807, 2.05) is 11.9 Å². The highest BCUT2D eigenvalue weighted by Gasteiger charge is 2.23. The number of amides is 1. The molecule has 1 aliphatic rings. The normalized spacial score (nSPS) is 24.2. The average molecular weight is 174 g/mol. The van der Waals surface area contributed by atoms with Gasteiger partial charge in [-0.05, 0) is 13.5 Å². The van der Waals surface area contributed by atoms with Crippen LogP contribution in [0.1, 0.15) is 6.42 Å². The molecule has 0 aromatic rings. The fourth-order valence-electron chi connectivity index (χ4n) is 1.32. The van der Waals surface area contributed by atoms with Crippen molar-refractivity contribution in [1.29, 1.82) is 0 Å². The Hall–Kier alpha value is -0.220. The van der Waals surface area contributed by atoms with E-state index < -0.39 is 0 Å². The van der Waals surface area contributed by atoms with Crippen LogP contribution in [0, 0.1) is 0 Å². The van der Waals surface area contributed by atoms with Crippen molar-refractivity contribution >= 4 is 18.5 Å². The maximum Gasteiger partial charge on any atom is 0.232 e. The first kappa shape index (κ1) is 8.87. The maximum absolute atomic E-state index is 11.1. The molecule has 0 bridgehead atoms. The molecule has 1 atom stereocenters. The van der Waals surface area contributed by atoms with Gasteiger partial charge in [-0.3, -0.25) is 4.79 Å². The van der Waals surface area contributed by atoms with Crippen LogP contribution in [-0.4, -0.2) is 42.7 Å². The van der Waals surface area contributed by atoms with Crippen molar-refractivity contribution in [2.75, 3.05) is 25.9 Å². The number of thiol groups is 1. The number of carbonyl (C=O) groups is 1. The molecule has 0 saturated carbocycles. The molecule has 0 aliphatic carbocycles. The van der Waals surface area contributed by atoms with Crippen LogP contribution in [0.4, 0.5) is 0 Å². The van der Waals surface area contributed by atoms with E-state index in [0.29, 0.717) is 11.8 Å². The molecule has 0 aromatic heterocycles. The molecule has 1 fully saturated rings. The molecule has 1 aliphatic heterocycles. The second kappa shape index (κ2) is 3.97. The van der Waals surface area contributed by atoms with Gasteiger partial charge in [-0.25, -0.2) is 0 Å². The molecule has 0 spiro atoms. The van der Waals surface area contributed by atoms with Crippen LogP contribution in [0.25, 0.3) is 0 Å². The fourth-order valence-corrected chi connectivity index (χ4v) is 1.52. The Morgan fingerprint density at radius 3 is 3.00 bits per heavy atom. The van der Waals surface area contributed by atoms with Crippen molar-refractivity contribution in [3.63, 3.8) is 0 Å². The summed E-state index contributed by atoms with van der Waals surface area (Å²) in [5, 5.41) is 3.15. The van der Waals surface area contributed by atoms with Gasteiger partial charge in [-0.15, -0.1) is 0 Å². The minimum Gasteiger partial charge on any atom is -0.340 e. The largest absolute Gasteiger partial charge is 0.340 e. The van der Waals surface area contributed by atoms with Gasteiger partial charge in [0, 0.05) is 19.1 Å². The lowest BCUT2D eigenvalue weighted by molar-refractivity contribution is -0.127. The Morgan fingerprint density at radius 2 is 2.55 bits per heavy atom. The molecule has 1 N–H and O–H groups in total. The summed E-state index contributed by atoms with van der Waals surface area (Å²) < 4.78 is 0. The number of carbonyl (C=O) groups excluding carboxylic acids is 1. The minimum atomic E-state index is 0.145. The highest BCUT2D eigenvalue weighted by Crippen LogP contribution is 2.08. The summed E-state index contributed by atoms with van der Waals surface area (Å²) in [6.45, 7) is 1.72. The predicted molar refractivity (Wildman–Crippen MR) is 47.9 cm³/mol. The van der Waals surface area contributed by atoms with Gasteiger partial charge in [0.1, 0.15) is 0 Å². The van der Waals surface area contributed by atoms with E-state index in [0.717, 1.165) is 19.5 Å². The Morgan fingerprint density at radius 1 is 1.82 bits per heavy atom. The number of rotatable bonds is 2. The van der Waals surface area contributed by atoms with E-state index >= 15 is 0 Å². The number of hydrogen-bond acceptors (Lipinski definition) is 3. The van der Waals surface area contributed by atoms with Crippen molar-refractivity contribution in [2.24, 2.45) is 0 Å².